The highest BCUT2D eigenvalue weighted by Crippen LogP contribution is 2.29. The molecule has 3 aromatic rings. The van der Waals surface area contributed by atoms with Gasteiger partial charge < -0.3 is 10.2 Å². The van der Waals surface area contributed by atoms with Gasteiger partial charge in [0.2, 0.25) is 0 Å². The predicted molar refractivity (Wildman–Crippen MR) is 83.6 cm³/mol. The molecule has 1 atom stereocenters. The second-order valence-electron chi connectivity index (χ2n) is 5.29. The Morgan fingerprint density at radius 1 is 1.05 bits per heavy atom. The molecule has 2 nitrogen and oxygen atoms in total. The molecular formula is C18H19NO. The minimum atomic E-state index is 0.113. The summed E-state index contributed by atoms with van der Waals surface area (Å²) in [7, 11) is 0. The molecule has 0 aliphatic rings. The summed E-state index contributed by atoms with van der Waals surface area (Å²) < 4.78 is 5.90. The van der Waals surface area contributed by atoms with Gasteiger partial charge in [-0.25, -0.2) is 0 Å². The van der Waals surface area contributed by atoms with Gasteiger partial charge in [-0.3, -0.25) is 0 Å². The predicted octanol–water partition coefficient (Wildman–Crippen LogP) is 4.82. The van der Waals surface area contributed by atoms with Crippen LogP contribution in [0, 0.1) is 6.92 Å². The van der Waals surface area contributed by atoms with E-state index in [9.17, 15) is 0 Å². The Morgan fingerprint density at radius 2 is 1.80 bits per heavy atom. The van der Waals surface area contributed by atoms with Gasteiger partial charge >= 0.3 is 0 Å². The van der Waals surface area contributed by atoms with Gasteiger partial charge in [0, 0.05) is 17.0 Å². The number of nitrogens with two attached hydrogens (primary N) is 1. The van der Waals surface area contributed by atoms with Gasteiger partial charge in [0.1, 0.15) is 11.3 Å². The number of hydrogen-bond donors (Lipinski definition) is 1. The number of hydrogen-bond acceptors (Lipinski definition) is 2. The van der Waals surface area contributed by atoms with Gasteiger partial charge in [-0.1, -0.05) is 42.8 Å². The first kappa shape index (κ1) is 12.9. The molecule has 0 radical (unpaired) electrons. The van der Waals surface area contributed by atoms with Crippen LogP contribution in [0.15, 0.2) is 52.9 Å². The lowest BCUT2D eigenvalue weighted by atomic mass is 10.0. The quantitative estimate of drug-likeness (QED) is 0.737. The summed E-state index contributed by atoms with van der Waals surface area (Å²) in [4.78, 5) is 0. The summed E-state index contributed by atoms with van der Waals surface area (Å²) in [5, 5.41) is 1.15. The highest BCUT2D eigenvalue weighted by Gasteiger charge is 2.08. The number of fused-ring (bicyclic) bond motifs is 1. The highest BCUT2D eigenvalue weighted by atomic mass is 16.3. The fourth-order valence-corrected chi connectivity index (χ4v) is 2.44. The second-order valence-corrected chi connectivity index (χ2v) is 5.29. The molecule has 0 bridgehead atoms. The molecule has 0 aliphatic carbocycles. The standard InChI is InChI=1S/C18H19NO/c1-3-16(19)13-5-7-14(8-6-13)18-11-15-10-12(2)4-9-17(15)20-18/h4-11,16H,3,19H2,1-2H3. The van der Waals surface area contributed by atoms with Crippen molar-refractivity contribution in [1.82, 2.24) is 0 Å². The number of benzene rings is 2. The van der Waals surface area contributed by atoms with Crippen molar-refractivity contribution in [2.75, 3.05) is 0 Å². The Hall–Kier alpha value is -2.06. The summed E-state index contributed by atoms with van der Waals surface area (Å²) in [5.74, 6) is 0.905. The van der Waals surface area contributed by atoms with E-state index < -0.39 is 0 Å². The van der Waals surface area contributed by atoms with E-state index in [2.05, 4.69) is 56.3 Å². The minimum Gasteiger partial charge on any atom is -0.456 e. The van der Waals surface area contributed by atoms with Crippen LogP contribution in [-0.4, -0.2) is 0 Å². The van der Waals surface area contributed by atoms with E-state index >= 15 is 0 Å². The summed E-state index contributed by atoms with van der Waals surface area (Å²) in [6.07, 6.45) is 0.948. The zero-order valence-corrected chi connectivity index (χ0v) is 11.9. The van der Waals surface area contributed by atoms with Crippen LogP contribution in [0.1, 0.15) is 30.5 Å². The molecule has 1 unspecified atom stereocenters. The molecule has 0 fully saturated rings. The van der Waals surface area contributed by atoms with E-state index in [1.165, 1.54) is 11.1 Å². The Balaban J connectivity index is 1.98. The zero-order valence-electron chi connectivity index (χ0n) is 11.9. The van der Waals surface area contributed by atoms with Crippen LogP contribution in [0.4, 0.5) is 0 Å². The molecule has 2 heteroatoms. The van der Waals surface area contributed by atoms with Crippen molar-refractivity contribution < 1.29 is 4.42 Å². The largest absolute Gasteiger partial charge is 0.456 e. The third kappa shape index (κ3) is 2.35. The Kier molecular flexibility index (Phi) is 3.33. The van der Waals surface area contributed by atoms with Crippen molar-refractivity contribution in [2.24, 2.45) is 5.73 Å². The topological polar surface area (TPSA) is 39.2 Å². The van der Waals surface area contributed by atoms with Crippen LogP contribution in [0.2, 0.25) is 0 Å². The van der Waals surface area contributed by atoms with Crippen molar-refractivity contribution in [3.05, 3.63) is 59.7 Å². The van der Waals surface area contributed by atoms with Crippen molar-refractivity contribution in [3.8, 4) is 11.3 Å². The highest BCUT2D eigenvalue weighted by molar-refractivity contribution is 5.83. The fourth-order valence-electron chi connectivity index (χ4n) is 2.44. The molecule has 0 amide bonds. The van der Waals surface area contributed by atoms with Crippen LogP contribution in [0.5, 0.6) is 0 Å². The third-order valence-corrected chi connectivity index (χ3v) is 3.73. The summed E-state index contributed by atoms with van der Waals surface area (Å²) in [6.45, 7) is 4.19. The Labute approximate surface area is 119 Å². The maximum Gasteiger partial charge on any atom is 0.135 e. The summed E-state index contributed by atoms with van der Waals surface area (Å²) in [5.41, 5.74) is 10.5. The summed E-state index contributed by atoms with van der Waals surface area (Å²) in [6, 6.07) is 16.8. The van der Waals surface area contributed by atoms with Crippen LogP contribution in [0.3, 0.4) is 0 Å². The minimum absolute atomic E-state index is 0.113. The van der Waals surface area contributed by atoms with E-state index in [0.29, 0.717) is 0 Å². The molecule has 102 valence electrons. The first-order valence-electron chi connectivity index (χ1n) is 7.03. The molecule has 1 aromatic heterocycles. The molecule has 0 spiro atoms. The van der Waals surface area contributed by atoms with Crippen molar-refractivity contribution in [2.45, 2.75) is 26.3 Å². The van der Waals surface area contributed by atoms with E-state index in [4.69, 9.17) is 10.2 Å². The first-order chi connectivity index (χ1) is 9.67. The van der Waals surface area contributed by atoms with E-state index in [0.717, 1.165) is 28.7 Å². The first-order valence-corrected chi connectivity index (χ1v) is 7.03. The van der Waals surface area contributed by atoms with Crippen molar-refractivity contribution >= 4 is 11.0 Å². The Bertz CT molecular complexity index is 725. The molecule has 3 rings (SSSR count). The SMILES string of the molecule is CCC(N)c1ccc(-c2cc3cc(C)ccc3o2)cc1. The number of aryl methyl sites for hydroxylation is 1. The molecule has 2 aromatic carbocycles. The lowest BCUT2D eigenvalue weighted by molar-refractivity contribution is 0.631. The average molecular weight is 265 g/mol. The molecule has 0 saturated carbocycles. The van der Waals surface area contributed by atoms with E-state index in [1.807, 2.05) is 6.07 Å². The Morgan fingerprint density at radius 3 is 2.50 bits per heavy atom. The van der Waals surface area contributed by atoms with E-state index in [1.54, 1.807) is 0 Å². The average Bonchev–Trinajstić information content (AvgIpc) is 2.89. The molecule has 0 aliphatic heterocycles. The van der Waals surface area contributed by atoms with Gasteiger partial charge in [-0.2, -0.15) is 0 Å². The smallest absolute Gasteiger partial charge is 0.135 e. The molecule has 20 heavy (non-hydrogen) atoms. The van der Waals surface area contributed by atoms with Gasteiger partial charge in [0.15, 0.2) is 0 Å². The van der Waals surface area contributed by atoms with Gasteiger partial charge in [0.25, 0.3) is 0 Å². The van der Waals surface area contributed by atoms with Crippen molar-refractivity contribution in [1.29, 1.82) is 0 Å². The monoisotopic (exact) mass is 265 g/mol. The van der Waals surface area contributed by atoms with E-state index in [-0.39, 0.29) is 6.04 Å². The number of rotatable bonds is 3. The second kappa shape index (κ2) is 5.14. The maximum absolute atomic E-state index is 6.04. The number of furan rings is 1. The molecule has 0 saturated heterocycles. The van der Waals surface area contributed by atoms with Gasteiger partial charge in [0.05, 0.1) is 0 Å². The lowest BCUT2D eigenvalue weighted by Crippen LogP contribution is -2.07. The fraction of sp³-hybridized carbons (Fsp3) is 0.222. The molecule has 2 N–H and O–H groups in total. The maximum atomic E-state index is 6.04. The lowest BCUT2D eigenvalue weighted by Gasteiger charge is -2.09. The summed E-state index contributed by atoms with van der Waals surface area (Å²) >= 11 is 0. The van der Waals surface area contributed by atoms with Gasteiger partial charge in [-0.05, 0) is 37.1 Å². The normalized spacial score (nSPS) is 12.8. The van der Waals surface area contributed by atoms with Gasteiger partial charge in [-0.15, -0.1) is 0 Å². The molecule has 1 heterocycles. The molecular weight excluding hydrogens is 246 g/mol. The van der Waals surface area contributed by atoms with Crippen molar-refractivity contribution in [3.63, 3.8) is 0 Å². The van der Waals surface area contributed by atoms with Crippen LogP contribution < -0.4 is 5.73 Å². The van der Waals surface area contributed by atoms with Crippen LogP contribution in [0.25, 0.3) is 22.3 Å². The van der Waals surface area contributed by atoms with Crippen LogP contribution in [-0.2, 0) is 0 Å². The third-order valence-electron chi connectivity index (χ3n) is 3.73. The zero-order chi connectivity index (χ0) is 14.1. The van der Waals surface area contributed by atoms with Crippen LogP contribution >= 0.6 is 0 Å².